The predicted molar refractivity (Wildman–Crippen MR) is 77.8 cm³/mol. The first-order valence-corrected chi connectivity index (χ1v) is 7.42. The standard InChI is InChI=1S/C15H22ClFN2/c1-11(14-6-5-12(17)10-15(14)16)19-9-3-2-4-13(19)7-8-18/h5-6,10-11,13H,2-4,7-9,18H2,1H3. The molecule has 0 amide bonds. The van der Waals surface area contributed by atoms with Crippen molar-refractivity contribution in [3.63, 3.8) is 0 Å². The van der Waals surface area contributed by atoms with Crippen LogP contribution in [0.4, 0.5) is 4.39 Å². The first-order valence-electron chi connectivity index (χ1n) is 7.04. The lowest BCUT2D eigenvalue weighted by Gasteiger charge is -2.40. The van der Waals surface area contributed by atoms with Crippen LogP contribution in [0.3, 0.4) is 0 Å². The third-order valence-corrected chi connectivity index (χ3v) is 4.41. The topological polar surface area (TPSA) is 29.3 Å². The molecule has 1 aromatic carbocycles. The number of nitrogens with two attached hydrogens (primary N) is 1. The molecule has 2 unspecified atom stereocenters. The van der Waals surface area contributed by atoms with Crippen LogP contribution in [0.1, 0.15) is 44.2 Å². The van der Waals surface area contributed by atoms with Crippen molar-refractivity contribution in [1.82, 2.24) is 4.90 Å². The molecule has 19 heavy (non-hydrogen) atoms. The Morgan fingerprint density at radius 3 is 2.95 bits per heavy atom. The van der Waals surface area contributed by atoms with Gasteiger partial charge in [-0.1, -0.05) is 24.1 Å². The number of halogens is 2. The molecule has 1 heterocycles. The molecule has 0 saturated carbocycles. The van der Waals surface area contributed by atoms with Crippen LogP contribution in [0.25, 0.3) is 0 Å². The Labute approximate surface area is 119 Å². The van der Waals surface area contributed by atoms with E-state index in [1.165, 1.54) is 31.4 Å². The van der Waals surface area contributed by atoms with Gasteiger partial charge in [-0.15, -0.1) is 0 Å². The largest absolute Gasteiger partial charge is 0.330 e. The summed E-state index contributed by atoms with van der Waals surface area (Å²) in [6, 6.07) is 5.42. The van der Waals surface area contributed by atoms with Gasteiger partial charge in [-0.05, 0) is 57.0 Å². The van der Waals surface area contributed by atoms with E-state index in [1.807, 2.05) is 0 Å². The molecule has 2 nitrogen and oxygen atoms in total. The fraction of sp³-hybridized carbons (Fsp3) is 0.600. The molecule has 0 spiro atoms. The average molecular weight is 285 g/mol. The van der Waals surface area contributed by atoms with E-state index in [-0.39, 0.29) is 11.9 Å². The van der Waals surface area contributed by atoms with Crippen molar-refractivity contribution in [3.8, 4) is 0 Å². The minimum atomic E-state index is -0.280. The van der Waals surface area contributed by atoms with E-state index < -0.39 is 0 Å². The fourth-order valence-corrected chi connectivity index (χ4v) is 3.38. The SMILES string of the molecule is CC(c1ccc(F)cc1Cl)N1CCCCC1CCN. The van der Waals surface area contributed by atoms with Crippen LogP contribution in [0.2, 0.25) is 5.02 Å². The molecule has 0 radical (unpaired) electrons. The monoisotopic (exact) mass is 284 g/mol. The Morgan fingerprint density at radius 2 is 2.26 bits per heavy atom. The molecule has 1 aliphatic heterocycles. The van der Waals surface area contributed by atoms with Gasteiger partial charge in [-0.3, -0.25) is 4.90 Å². The third-order valence-electron chi connectivity index (χ3n) is 4.08. The van der Waals surface area contributed by atoms with Crippen LogP contribution in [0.15, 0.2) is 18.2 Å². The van der Waals surface area contributed by atoms with Crippen molar-refractivity contribution in [1.29, 1.82) is 0 Å². The Kier molecular flexibility index (Phi) is 5.20. The lowest BCUT2D eigenvalue weighted by atomic mass is 9.95. The number of hydrogen-bond donors (Lipinski definition) is 1. The van der Waals surface area contributed by atoms with Gasteiger partial charge in [0.1, 0.15) is 5.82 Å². The summed E-state index contributed by atoms with van der Waals surface area (Å²) in [4.78, 5) is 2.47. The maximum atomic E-state index is 13.1. The summed E-state index contributed by atoms with van der Waals surface area (Å²) in [6.45, 7) is 3.93. The minimum Gasteiger partial charge on any atom is -0.330 e. The Morgan fingerprint density at radius 1 is 1.47 bits per heavy atom. The molecular weight excluding hydrogens is 263 g/mol. The van der Waals surface area contributed by atoms with Gasteiger partial charge in [0.15, 0.2) is 0 Å². The summed E-state index contributed by atoms with van der Waals surface area (Å²) < 4.78 is 13.1. The Bertz CT molecular complexity index is 423. The molecule has 0 aliphatic carbocycles. The van der Waals surface area contributed by atoms with Crippen molar-refractivity contribution in [2.75, 3.05) is 13.1 Å². The Balaban J connectivity index is 2.18. The van der Waals surface area contributed by atoms with Crippen LogP contribution < -0.4 is 5.73 Å². The van der Waals surface area contributed by atoms with Crippen LogP contribution in [-0.4, -0.2) is 24.0 Å². The first kappa shape index (κ1) is 14.8. The summed E-state index contributed by atoms with van der Waals surface area (Å²) in [6.07, 6.45) is 4.69. The molecule has 0 aromatic heterocycles. The minimum absolute atomic E-state index is 0.213. The third kappa shape index (κ3) is 3.47. The number of rotatable bonds is 4. The zero-order valence-corrected chi connectivity index (χ0v) is 12.2. The summed E-state index contributed by atoms with van der Waals surface area (Å²) in [5.74, 6) is -0.280. The smallest absolute Gasteiger partial charge is 0.124 e. The lowest BCUT2D eigenvalue weighted by molar-refractivity contribution is 0.0984. The molecule has 1 fully saturated rings. The van der Waals surface area contributed by atoms with Crippen molar-refractivity contribution >= 4 is 11.6 Å². The molecule has 1 aromatic rings. The fourth-order valence-electron chi connectivity index (χ4n) is 3.05. The van der Waals surface area contributed by atoms with Gasteiger partial charge < -0.3 is 5.73 Å². The van der Waals surface area contributed by atoms with Gasteiger partial charge in [-0.2, -0.15) is 0 Å². The molecule has 106 valence electrons. The van der Waals surface area contributed by atoms with Crippen molar-refractivity contribution in [2.24, 2.45) is 5.73 Å². The van der Waals surface area contributed by atoms with E-state index in [1.54, 1.807) is 6.07 Å². The summed E-state index contributed by atoms with van der Waals surface area (Å²) >= 11 is 6.18. The summed E-state index contributed by atoms with van der Waals surface area (Å²) in [5, 5.41) is 0.518. The number of piperidine rings is 1. The van der Waals surface area contributed by atoms with Gasteiger partial charge in [0.25, 0.3) is 0 Å². The maximum absolute atomic E-state index is 13.1. The highest BCUT2D eigenvalue weighted by molar-refractivity contribution is 6.31. The highest BCUT2D eigenvalue weighted by atomic mass is 35.5. The lowest BCUT2D eigenvalue weighted by Crippen LogP contribution is -2.42. The average Bonchev–Trinajstić information content (AvgIpc) is 2.39. The van der Waals surface area contributed by atoms with Crippen molar-refractivity contribution in [2.45, 2.75) is 44.7 Å². The maximum Gasteiger partial charge on any atom is 0.124 e. The normalized spacial score (nSPS) is 22.4. The second-order valence-electron chi connectivity index (χ2n) is 5.31. The molecular formula is C15H22ClFN2. The van der Waals surface area contributed by atoms with E-state index in [9.17, 15) is 4.39 Å². The van der Waals surface area contributed by atoms with Gasteiger partial charge >= 0.3 is 0 Å². The molecule has 1 aliphatic rings. The molecule has 2 atom stereocenters. The number of likely N-dealkylation sites (tertiary alicyclic amines) is 1. The van der Waals surface area contributed by atoms with E-state index in [0.717, 1.165) is 18.5 Å². The second-order valence-corrected chi connectivity index (χ2v) is 5.71. The van der Waals surface area contributed by atoms with Crippen molar-refractivity contribution < 1.29 is 4.39 Å². The molecule has 2 N–H and O–H groups in total. The van der Waals surface area contributed by atoms with Gasteiger partial charge in [0.05, 0.1) is 0 Å². The first-order chi connectivity index (χ1) is 9.13. The number of benzene rings is 1. The van der Waals surface area contributed by atoms with Gasteiger partial charge in [0.2, 0.25) is 0 Å². The zero-order valence-electron chi connectivity index (χ0n) is 11.4. The van der Waals surface area contributed by atoms with E-state index in [0.29, 0.717) is 17.6 Å². The number of hydrogen-bond acceptors (Lipinski definition) is 2. The molecule has 0 bridgehead atoms. The van der Waals surface area contributed by atoms with Crippen molar-refractivity contribution in [3.05, 3.63) is 34.6 Å². The van der Waals surface area contributed by atoms with Gasteiger partial charge in [0, 0.05) is 17.1 Å². The second kappa shape index (κ2) is 6.69. The quantitative estimate of drug-likeness (QED) is 0.912. The molecule has 1 saturated heterocycles. The van der Waals surface area contributed by atoms with E-state index >= 15 is 0 Å². The van der Waals surface area contributed by atoms with Crippen LogP contribution in [0, 0.1) is 5.82 Å². The van der Waals surface area contributed by atoms with Crippen LogP contribution in [-0.2, 0) is 0 Å². The highest BCUT2D eigenvalue weighted by Gasteiger charge is 2.27. The molecule has 2 rings (SSSR count). The summed E-state index contributed by atoms with van der Waals surface area (Å²) in [5.41, 5.74) is 6.71. The Hall–Kier alpha value is -0.640. The molecule has 4 heteroatoms. The van der Waals surface area contributed by atoms with E-state index in [2.05, 4.69) is 11.8 Å². The zero-order chi connectivity index (χ0) is 13.8. The highest BCUT2D eigenvalue weighted by Crippen LogP contribution is 2.33. The van der Waals surface area contributed by atoms with Crippen LogP contribution in [0.5, 0.6) is 0 Å². The predicted octanol–water partition coefficient (Wildman–Crippen LogP) is 3.74. The van der Waals surface area contributed by atoms with Gasteiger partial charge in [-0.25, -0.2) is 4.39 Å². The van der Waals surface area contributed by atoms with E-state index in [4.69, 9.17) is 17.3 Å². The summed E-state index contributed by atoms with van der Waals surface area (Å²) in [7, 11) is 0. The number of nitrogens with zero attached hydrogens (tertiary/aromatic N) is 1. The van der Waals surface area contributed by atoms with Crippen LogP contribution >= 0.6 is 11.6 Å².